The molecule has 2 heteroatoms. The zero-order valence-electron chi connectivity index (χ0n) is 11.5. The maximum atomic E-state index is 2.65. The van der Waals surface area contributed by atoms with Gasteiger partial charge in [-0.05, 0) is 45.8 Å². The Labute approximate surface area is 103 Å². The molecule has 0 aliphatic carbocycles. The fraction of sp³-hybridized carbons (Fsp3) is 0.857. The minimum atomic E-state index is -1.02. The van der Waals surface area contributed by atoms with Gasteiger partial charge in [-0.15, -0.1) is 0 Å². The van der Waals surface area contributed by atoms with Gasteiger partial charge in [-0.1, -0.05) is 43.8 Å². The third-order valence-electron chi connectivity index (χ3n) is 4.28. The van der Waals surface area contributed by atoms with Gasteiger partial charge in [0.2, 0.25) is 0 Å². The van der Waals surface area contributed by atoms with Gasteiger partial charge in [0.05, 0.1) is 8.07 Å². The van der Waals surface area contributed by atoms with Gasteiger partial charge in [0.1, 0.15) is 0 Å². The summed E-state index contributed by atoms with van der Waals surface area (Å²) in [4.78, 5) is 2.65. The van der Waals surface area contributed by atoms with Crippen LogP contribution in [0.4, 0.5) is 0 Å². The van der Waals surface area contributed by atoms with Crippen LogP contribution in [0.1, 0.15) is 40.0 Å². The molecular formula is C14H29NSi. The zero-order valence-corrected chi connectivity index (χ0v) is 12.5. The van der Waals surface area contributed by atoms with Crippen molar-refractivity contribution in [2.75, 3.05) is 19.6 Å². The van der Waals surface area contributed by atoms with E-state index in [2.05, 4.69) is 37.4 Å². The molecule has 0 atom stereocenters. The van der Waals surface area contributed by atoms with E-state index < -0.39 is 8.07 Å². The molecule has 1 nitrogen and oxygen atoms in total. The van der Waals surface area contributed by atoms with Crippen LogP contribution >= 0.6 is 0 Å². The van der Waals surface area contributed by atoms with Crippen LogP contribution < -0.4 is 0 Å². The lowest BCUT2D eigenvalue weighted by Gasteiger charge is -2.26. The topological polar surface area (TPSA) is 3.24 Å². The molecule has 0 aromatic rings. The molecule has 0 saturated carbocycles. The second-order valence-corrected chi connectivity index (χ2v) is 10.2. The van der Waals surface area contributed by atoms with E-state index in [0.717, 1.165) is 0 Å². The maximum Gasteiger partial charge on any atom is 0.0769 e. The highest BCUT2D eigenvalue weighted by molar-refractivity contribution is 6.84. The molecule has 0 N–H and O–H groups in total. The Morgan fingerprint density at radius 3 is 2.25 bits per heavy atom. The fourth-order valence-electron chi connectivity index (χ4n) is 2.94. The van der Waals surface area contributed by atoms with Crippen molar-refractivity contribution < 1.29 is 0 Å². The van der Waals surface area contributed by atoms with Crippen molar-refractivity contribution in [3.05, 3.63) is 11.8 Å². The van der Waals surface area contributed by atoms with Gasteiger partial charge in [0.15, 0.2) is 0 Å². The number of nitrogens with zero attached hydrogens (tertiary/aromatic N) is 1. The monoisotopic (exact) mass is 239 g/mol. The Morgan fingerprint density at radius 2 is 1.75 bits per heavy atom. The summed E-state index contributed by atoms with van der Waals surface area (Å²) in [5.74, 6) is 0. The molecular weight excluding hydrogens is 210 g/mol. The molecule has 1 saturated heterocycles. The number of rotatable bonds is 7. The van der Waals surface area contributed by atoms with Gasteiger partial charge in [-0.3, -0.25) is 0 Å². The van der Waals surface area contributed by atoms with Gasteiger partial charge >= 0.3 is 0 Å². The summed E-state index contributed by atoms with van der Waals surface area (Å²) >= 11 is 0. The molecule has 1 fully saturated rings. The number of hydrogen-bond acceptors (Lipinski definition) is 1. The Kier molecular flexibility index (Phi) is 6.36. The molecule has 0 unspecified atom stereocenters. The lowest BCUT2D eigenvalue weighted by Crippen LogP contribution is -2.31. The SMILES string of the molecule is CC=C[Si](CC)(CC)CCCN1CCCC1. The average Bonchev–Trinajstić information content (AvgIpc) is 2.81. The van der Waals surface area contributed by atoms with Crippen molar-refractivity contribution in [1.29, 1.82) is 0 Å². The van der Waals surface area contributed by atoms with E-state index in [9.17, 15) is 0 Å². The van der Waals surface area contributed by atoms with Crippen LogP contribution in [-0.4, -0.2) is 32.6 Å². The van der Waals surface area contributed by atoms with Crippen LogP contribution in [0.2, 0.25) is 18.1 Å². The normalized spacial score (nSPS) is 18.7. The van der Waals surface area contributed by atoms with Gasteiger partial charge in [-0.2, -0.15) is 0 Å². The molecule has 0 amide bonds. The highest BCUT2D eigenvalue weighted by atomic mass is 28.3. The minimum absolute atomic E-state index is 1.02. The predicted octanol–water partition coefficient (Wildman–Crippen LogP) is 4.08. The Hall–Kier alpha value is -0.0831. The molecule has 0 radical (unpaired) electrons. The molecule has 0 aromatic heterocycles. The Morgan fingerprint density at radius 1 is 1.12 bits per heavy atom. The van der Waals surface area contributed by atoms with Crippen LogP contribution in [0.15, 0.2) is 11.8 Å². The van der Waals surface area contributed by atoms with E-state index >= 15 is 0 Å². The summed E-state index contributed by atoms with van der Waals surface area (Å²) < 4.78 is 0. The summed E-state index contributed by atoms with van der Waals surface area (Å²) in [5.41, 5.74) is 2.58. The molecule has 1 heterocycles. The highest BCUT2D eigenvalue weighted by Gasteiger charge is 2.25. The standard InChI is InChI=1S/C14H29NSi/c1-4-13-16(5-2,6-3)14-9-12-15-10-7-8-11-15/h4,13H,5-12,14H2,1-3H3. The first kappa shape index (κ1) is 14.0. The third kappa shape index (κ3) is 4.06. The predicted molar refractivity (Wildman–Crippen MR) is 76.6 cm³/mol. The smallest absolute Gasteiger partial charge is 0.0769 e. The zero-order chi connectivity index (χ0) is 11.9. The molecule has 94 valence electrons. The summed E-state index contributed by atoms with van der Waals surface area (Å²) in [6.07, 6.45) is 6.59. The van der Waals surface area contributed by atoms with Crippen LogP contribution in [0.5, 0.6) is 0 Å². The van der Waals surface area contributed by atoms with Crippen molar-refractivity contribution in [2.45, 2.75) is 58.2 Å². The second-order valence-electron chi connectivity index (χ2n) is 5.22. The highest BCUT2D eigenvalue weighted by Crippen LogP contribution is 2.24. The molecule has 0 bridgehead atoms. The molecule has 1 aliphatic rings. The number of likely N-dealkylation sites (tertiary alicyclic amines) is 1. The van der Waals surface area contributed by atoms with E-state index in [4.69, 9.17) is 0 Å². The summed E-state index contributed by atoms with van der Waals surface area (Å²) in [6.45, 7) is 11.0. The first-order chi connectivity index (χ1) is 7.76. The molecule has 0 spiro atoms. The largest absolute Gasteiger partial charge is 0.303 e. The molecule has 1 rings (SSSR count). The molecule has 0 aromatic carbocycles. The van der Waals surface area contributed by atoms with Crippen molar-refractivity contribution in [3.8, 4) is 0 Å². The van der Waals surface area contributed by atoms with Gasteiger partial charge in [0.25, 0.3) is 0 Å². The van der Waals surface area contributed by atoms with Crippen LogP contribution in [0.25, 0.3) is 0 Å². The van der Waals surface area contributed by atoms with Crippen molar-refractivity contribution in [1.82, 2.24) is 4.90 Å². The maximum absolute atomic E-state index is 2.65. The van der Waals surface area contributed by atoms with Crippen molar-refractivity contribution >= 4 is 8.07 Å². The summed E-state index contributed by atoms with van der Waals surface area (Å²) in [5, 5.41) is 0. The summed E-state index contributed by atoms with van der Waals surface area (Å²) in [6, 6.07) is 4.35. The second kappa shape index (κ2) is 7.28. The van der Waals surface area contributed by atoms with E-state index in [1.54, 1.807) is 0 Å². The lowest BCUT2D eigenvalue weighted by atomic mass is 10.4. The van der Waals surface area contributed by atoms with Crippen LogP contribution in [0.3, 0.4) is 0 Å². The van der Waals surface area contributed by atoms with E-state index in [0.29, 0.717) is 0 Å². The van der Waals surface area contributed by atoms with Gasteiger partial charge < -0.3 is 4.90 Å². The van der Waals surface area contributed by atoms with Crippen molar-refractivity contribution in [3.63, 3.8) is 0 Å². The molecule has 1 aliphatic heterocycles. The van der Waals surface area contributed by atoms with Crippen LogP contribution in [-0.2, 0) is 0 Å². The van der Waals surface area contributed by atoms with E-state index in [1.165, 1.54) is 57.0 Å². The van der Waals surface area contributed by atoms with Gasteiger partial charge in [-0.25, -0.2) is 0 Å². The minimum Gasteiger partial charge on any atom is -0.303 e. The number of allylic oxidation sites excluding steroid dienone is 1. The van der Waals surface area contributed by atoms with E-state index in [1.807, 2.05) is 0 Å². The first-order valence-corrected chi connectivity index (χ1v) is 9.82. The third-order valence-corrected chi connectivity index (χ3v) is 9.48. The van der Waals surface area contributed by atoms with Gasteiger partial charge in [0, 0.05) is 0 Å². The fourth-order valence-corrected chi connectivity index (χ4v) is 6.35. The lowest BCUT2D eigenvalue weighted by molar-refractivity contribution is 0.339. The first-order valence-electron chi connectivity index (χ1n) is 7.12. The Bertz CT molecular complexity index is 203. The number of hydrogen-bond donors (Lipinski definition) is 0. The van der Waals surface area contributed by atoms with Crippen molar-refractivity contribution in [2.24, 2.45) is 0 Å². The molecule has 16 heavy (non-hydrogen) atoms. The summed E-state index contributed by atoms with van der Waals surface area (Å²) in [7, 11) is -1.02. The average molecular weight is 239 g/mol. The van der Waals surface area contributed by atoms with E-state index in [-0.39, 0.29) is 0 Å². The quantitative estimate of drug-likeness (QED) is 0.605. The Balaban J connectivity index is 2.31. The van der Waals surface area contributed by atoms with Crippen LogP contribution in [0, 0.1) is 0 Å².